The second kappa shape index (κ2) is 16.4. The van der Waals surface area contributed by atoms with Gasteiger partial charge in [0.25, 0.3) is 0 Å². The predicted octanol–water partition coefficient (Wildman–Crippen LogP) is 15.2. The van der Waals surface area contributed by atoms with E-state index in [-0.39, 0.29) is 0 Å². The van der Waals surface area contributed by atoms with Crippen molar-refractivity contribution in [3.8, 4) is 0 Å². The Morgan fingerprint density at radius 2 is 0.895 bits per heavy atom. The average Bonchev–Trinajstić information content (AvgIpc) is 3.65. The highest BCUT2D eigenvalue weighted by atomic mass is 15.1. The summed E-state index contributed by atoms with van der Waals surface area (Å²) >= 11 is 0. The molecule has 0 saturated carbocycles. The van der Waals surface area contributed by atoms with Crippen molar-refractivity contribution in [2.24, 2.45) is 0 Å². The molecule has 4 nitrogen and oxygen atoms in total. The van der Waals surface area contributed by atoms with E-state index in [0.717, 1.165) is 63.5 Å². The zero-order valence-corrected chi connectivity index (χ0v) is 33.1. The number of hydrogen-bond donors (Lipinski definition) is 0. The van der Waals surface area contributed by atoms with Gasteiger partial charge in [0.05, 0.1) is 16.6 Å². The SMILES string of the molecule is CCCCCc1c(CCCCC)c2cc3cc(N(c4ccccc4)c4ccccc4)ccc3n2c2nc3ccc(N(c4ccccc4)c4ccccc4)cc3cc12. The fourth-order valence-electron chi connectivity index (χ4n) is 8.67. The molecule has 0 amide bonds. The normalized spacial score (nSPS) is 11.5. The lowest BCUT2D eigenvalue weighted by Crippen LogP contribution is -2.10. The van der Waals surface area contributed by atoms with Crippen LogP contribution in [0.15, 0.2) is 170 Å². The third-order valence-corrected chi connectivity index (χ3v) is 11.4. The minimum atomic E-state index is 1.00. The van der Waals surface area contributed by atoms with Gasteiger partial charge in [-0.15, -0.1) is 0 Å². The molecule has 57 heavy (non-hydrogen) atoms. The third-order valence-electron chi connectivity index (χ3n) is 11.4. The van der Waals surface area contributed by atoms with Crippen LogP contribution in [-0.4, -0.2) is 9.38 Å². The fraction of sp³-hybridized carbons (Fsp3) is 0.189. The highest BCUT2D eigenvalue weighted by Gasteiger charge is 2.21. The van der Waals surface area contributed by atoms with Crippen molar-refractivity contribution in [3.63, 3.8) is 0 Å². The first-order valence-corrected chi connectivity index (χ1v) is 20.9. The number of hydrogen-bond acceptors (Lipinski definition) is 3. The molecule has 0 aliphatic carbocycles. The van der Waals surface area contributed by atoms with E-state index in [2.05, 4.69) is 198 Å². The molecule has 9 rings (SSSR count). The first-order chi connectivity index (χ1) is 28.2. The van der Waals surface area contributed by atoms with Gasteiger partial charge in [0.15, 0.2) is 0 Å². The maximum absolute atomic E-state index is 5.59. The number of benzene rings is 6. The Morgan fingerprint density at radius 3 is 1.40 bits per heavy atom. The van der Waals surface area contributed by atoms with E-state index in [1.165, 1.54) is 71.5 Å². The molecule has 282 valence electrons. The van der Waals surface area contributed by atoms with Crippen LogP contribution in [0.25, 0.3) is 38.4 Å². The van der Waals surface area contributed by atoms with Crippen LogP contribution < -0.4 is 9.80 Å². The van der Waals surface area contributed by atoms with Crippen LogP contribution in [0.4, 0.5) is 34.1 Å². The van der Waals surface area contributed by atoms with Crippen LogP contribution in [0.2, 0.25) is 0 Å². The molecule has 6 aromatic carbocycles. The second-order valence-electron chi connectivity index (χ2n) is 15.2. The van der Waals surface area contributed by atoms with E-state index >= 15 is 0 Å². The molecular weight excluding hydrogens is 693 g/mol. The fourth-order valence-corrected chi connectivity index (χ4v) is 8.67. The summed E-state index contributed by atoms with van der Waals surface area (Å²) < 4.78 is 2.47. The lowest BCUT2D eigenvalue weighted by molar-refractivity contribution is 0.696. The number of anilines is 6. The third kappa shape index (κ3) is 7.13. The highest BCUT2D eigenvalue weighted by Crippen LogP contribution is 2.41. The second-order valence-corrected chi connectivity index (χ2v) is 15.2. The minimum Gasteiger partial charge on any atom is -0.310 e. The molecule has 0 N–H and O–H groups in total. The Bertz CT molecular complexity index is 2680. The van der Waals surface area contributed by atoms with Gasteiger partial charge in [0, 0.05) is 50.3 Å². The molecular formula is C53H50N4. The van der Waals surface area contributed by atoms with Gasteiger partial charge in [-0.3, -0.25) is 4.40 Å². The van der Waals surface area contributed by atoms with Crippen LogP contribution in [0.3, 0.4) is 0 Å². The minimum absolute atomic E-state index is 1.00. The van der Waals surface area contributed by atoms with E-state index in [0.29, 0.717) is 0 Å². The summed E-state index contributed by atoms with van der Waals surface area (Å²) in [5.41, 5.74) is 14.3. The van der Waals surface area contributed by atoms with Crippen molar-refractivity contribution >= 4 is 72.5 Å². The Balaban J connectivity index is 1.28. The molecule has 4 heteroatoms. The van der Waals surface area contributed by atoms with E-state index < -0.39 is 0 Å². The van der Waals surface area contributed by atoms with Crippen molar-refractivity contribution in [2.45, 2.75) is 65.2 Å². The van der Waals surface area contributed by atoms with E-state index in [1.54, 1.807) is 0 Å². The molecule has 0 fully saturated rings. The van der Waals surface area contributed by atoms with Gasteiger partial charge < -0.3 is 9.80 Å². The van der Waals surface area contributed by atoms with E-state index in [9.17, 15) is 0 Å². The molecule has 0 spiro atoms. The standard InChI is InChI=1S/C53H50N4/c1-3-5-11-29-47-48(30-12-6-4-2)52-38-40-36-46(56(43-25-17-9-18-26-43)44-27-19-10-20-28-44)32-34-51(40)57(52)53-49(47)37-39-35-45(31-33-50(39)54-53)55(41-21-13-7-14-22-41)42-23-15-8-16-24-42/h7-10,13-28,31-38H,3-6,11-12,29-30H2,1-2H3. The molecule has 0 unspecified atom stereocenters. The van der Waals surface area contributed by atoms with Gasteiger partial charge >= 0.3 is 0 Å². The first kappa shape index (κ1) is 36.3. The number of pyridine rings is 2. The van der Waals surface area contributed by atoms with Gasteiger partial charge in [-0.2, -0.15) is 0 Å². The number of aryl methyl sites for hydroxylation is 2. The monoisotopic (exact) mass is 742 g/mol. The summed E-state index contributed by atoms with van der Waals surface area (Å²) in [6.07, 6.45) is 9.30. The topological polar surface area (TPSA) is 23.8 Å². The van der Waals surface area contributed by atoms with Gasteiger partial charge in [0.2, 0.25) is 0 Å². The van der Waals surface area contributed by atoms with Crippen LogP contribution in [0.5, 0.6) is 0 Å². The van der Waals surface area contributed by atoms with Crippen molar-refractivity contribution in [3.05, 3.63) is 181 Å². The maximum Gasteiger partial charge on any atom is 0.145 e. The predicted molar refractivity (Wildman–Crippen MR) is 244 cm³/mol. The number of unbranched alkanes of at least 4 members (excludes halogenated alkanes) is 4. The molecule has 0 bridgehead atoms. The molecule has 0 aliphatic rings. The molecule has 3 aromatic heterocycles. The quantitative estimate of drug-likeness (QED) is 0.0819. The van der Waals surface area contributed by atoms with E-state index in [4.69, 9.17) is 4.98 Å². The smallest absolute Gasteiger partial charge is 0.145 e. The van der Waals surface area contributed by atoms with Crippen LogP contribution in [0, 0.1) is 0 Å². The zero-order chi connectivity index (χ0) is 38.6. The van der Waals surface area contributed by atoms with Gasteiger partial charge in [-0.05, 0) is 134 Å². The summed E-state index contributed by atoms with van der Waals surface area (Å²) in [6, 6.07) is 61.4. The van der Waals surface area contributed by atoms with Crippen molar-refractivity contribution in [1.82, 2.24) is 9.38 Å². The molecule has 0 saturated heterocycles. The maximum atomic E-state index is 5.59. The number of fused-ring (bicyclic) bond motifs is 6. The Morgan fingerprint density at radius 1 is 0.421 bits per heavy atom. The number of aromatic nitrogens is 2. The molecule has 9 aromatic rings. The largest absolute Gasteiger partial charge is 0.310 e. The molecule has 0 atom stereocenters. The number of rotatable bonds is 14. The Labute approximate surface area is 336 Å². The Hall–Kier alpha value is -6.39. The number of nitrogens with zero attached hydrogens (tertiary/aromatic N) is 4. The molecule has 0 radical (unpaired) electrons. The summed E-state index contributed by atoms with van der Waals surface area (Å²) in [5, 5.41) is 3.66. The average molecular weight is 743 g/mol. The number of para-hydroxylation sites is 4. The van der Waals surface area contributed by atoms with Crippen LogP contribution >= 0.6 is 0 Å². The molecule has 0 aliphatic heterocycles. The van der Waals surface area contributed by atoms with Gasteiger partial charge in [0.1, 0.15) is 5.65 Å². The summed E-state index contributed by atoms with van der Waals surface area (Å²) in [5.74, 6) is 0. The van der Waals surface area contributed by atoms with E-state index in [1.807, 2.05) is 0 Å². The van der Waals surface area contributed by atoms with Crippen molar-refractivity contribution < 1.29 is 0 Å². The lowest BCUT2D eigenvalue weighted by atomic mass is 9.93. The van der Waals surface area contributed by atoms with Gasteiger partial charge in [-0.1, -0.05) is 112 Å². The van der Waals surface area contributed by atoms with Crippen molar-refractivity contribution in [2.75, 3.05) is 9.80 Å². The molecule has 3 heterocycles. The highest BCUT2D eigenvalue weighted by molar-refractivity contribution is 6.02. The summed E-state index contributed by atoms with van der Waals surface area (Å²) in [4.78, 5) is 10.3. The van der Waals surface area contributed by atoms with Gasteiger partial charge in [-0.25, -0.2) is 4.98 Å². The Kier molecular flexibility index (Phi) is 10.4. The summed E-state index contributed by atoms with van der Waals surface area (Å²) in [6.45, 7) is 4.61. The lowest BCUT2D eigenvalue weighted by Gasteiger charge is -2.26. The first-order valence-electron chi connectivity index (χ1n) is 20.9. The van der Waals surface area contributed by atoms with Crippen LogP contribution in [0.1, 0.15) is 63.5 Å². The van der Waals surface area contributed by atoms with Crippen LogP contribution in [-0.2, 0) is 12.8 Å². The van der Waals surface area contributed by atoms with Crippen molar-refractivity contribution in [1.29, 1.82) is 0 Å². The summed E-state index contributed by atoms with van der Waals surface area (Å²) in [7, 11) is 0. The zero-order valence-electron chi connectivity index (χ0n) is 33.1.